The SMILES string of the molecule is CCCNc1ncc(Br)cc1S(=O)(=O)NCCOC(C)C. The lowest BCUT2D eigenvalue weighted by molar-refractivity contribution is 0.0834. The fraction of sp³-hybridized carbons (Fsp3) is 0.615. The third kappa shape index (κ3) is 6.29. The molecule has 6 nitrogen and oxygen atoms in total. The molecule has 0 saturated carbocycles. The van der Waals surface area contributed by atoms with Gasteiger partial charge in [-0.2, -0.15) is 0 Å². The molecular weight excluding hydrogens is 358 g/mol. The Kier molecular flexibility index (Phi) is 7.58. The lowest BCUT2D eigenvalue weighted by Gasteiger charge is -2.13. The summed E-state index contributed by atoms with van der Waals surface area (Å²) in [6.45, 7) is 7.02. The lowest BCUT2D eigenvalue weighted by atomic mass is 10.4. The number of anilines is 1. The molecule has 0 unspecified atom stereocenters. The van der Waals surface area contributed by atoms with E-state index in [4.69, 9.17) is 4.74 Å². The Morgan fingerprint density at radius 2 is 2.10 bits per heavy atom. The highest BCUT2D eigenvalue weighted by Crippen LogP contribution is 2.22. The number of sulfonamides is 1. The van der Waals surface area contributed by atoms with Gasteiger partial charge in [-0.15, -0.1) is 0 Å². The molecule has 0 fully saturated rings. The molecule has 120 valence electrons. The maximum atomic E-state index is 12.3. The van der Waals surface area contributed by atoms with Gasteiger partial charge in [0.25, 0.3) is 0 Å². The van der Waals surface area contributed by atoms with E-state index < -0.39 is 10.0 Å². The second kappa shape index (κ2) is 8.67. The van der Waals surface area contributed by atoms with Gasteiger partial charge in [0.1, 0.15) is 10.7 Å². The Balaban J connectivity index is 2.83. The van der Waals surface area contributed by atoms with Gasteiger partial charge in [-0.05, 0) is 42.3 Å². The van der Waals surface area contributed by atoms with Gasteiger partial charge in [0.05, 0.1) is 12.7 Å². The third-order valence-electron chi connectivity index (χ3n) is 2.50. The van der Waals surface area contributed by atoms with E-state index >= 15 is 0 Å². The fourth-order valence-corrected chi connectivity index (χ4v) is 3.20. The molecule has 0 saturated heterocycles. The van der Waals surface area contributed by atoms with Crippen LogP contribution in [0.25, 0.3) is 0 Å². The number of nitrogens with one attached hydrogen (secondary N) is 2. The van der Waals surface area contributed by atoms with E-state index in [2.05, 4.69) is 31.0 Å². The second-order valence-corrected chi connectivity index (χ2v) is 7.40. The highest BCUT2D eigenvalue weighted by atomic mass is 79.9. The molecular formula is C13H22BrN3O3S. The summed E-state index contributed by atoms with van der Waals surface area (Å²) >= 11 is 3.25. The number of halogens is 1. The fourth-order valence-electron chi connectivity index (χ4n) is 1.55. The van der Waals surface area contributed by atoms with Crippen LogP contribution in [-0.4, -0.2) is 39.2 Å². The van der Waals surface area contributed by atoms with Crippen LogP contribution in [0.4, 0.5) is 5.82 Å². The van der Waals surface area contributed by atoms with Crippen molar-refractivity contribution in [3.8, 4) is 0 Å². The Labute approximate surface area is 134 Å². The van der Waals surface area contributed by atoms with Crippen LogP contribution in [0.3, 0.4) is 0 Å². The summed E-state index contributed by atoms with van der Waals surface area (Å²) < 4.78 is 33.2. The Morgan fingerprint density at radius 3 is 2.71 bits per heavy atom. The van der Waals surface area contributed by atoms with E-state index in [0.717, 1.165) is 6.42 Å². The van der Waals surface area contributed by atoms with Crippen molar-refractivity contribution in [1.29, 1.82) is 0 Å². The third-order valence-corrected chi connectivity index (χ3v) is 4.40. The summed E-state index contributed by atoms with van der Waals surface area (Å²) in [5, 5.41) is 3.02. The zero-order valence-electron chi connectivity index (χ0n) is 12.5. The second-order valence-electron chi connectivity index (χ2n) is 4.74. The van der Waals surface area contributed by atoms with Crippen molar-refractivity contribution in [1.82, 2.24) is 9.71 Å². The summed E-state index contributed by atoms with van der Waals surface area (Å²) in [5.74, 6) is 0.359. The van der Waals surface area contributed by atoms with Crippen molar-refractivity contribution in [3.63, 3.8) is 0 Å². The highest BCUT2D eigenvalue weighted by molar-refractivity contribution is 9.10. The largest absolute Gasteiger partial charge is 0.377 e. The van der Waals surface area contributed by atoms with Gasteiger partial charge < -0.3 is 10.1 Å². The summed E-state index contributed by atoms with van der Waals surface area (Å²) in [6.07, 6.45) is 2.52. The van der Waals surface area contributed by atoms with Crippen molar-refractivity contribution in [2.24, 2.45) is 0 Å². The van der Waals surface area contributed by atoms with Crippen LogP contribution in [0.5, 0.6) is 0 Å². The predicted molar refractivity (Wildman–Crippen MR) is 87.0 cm³/mol. The van der Waals surface area contributed by atoms with Crippen LogP contribution in [-0.2, 0) is 14.8 Å². The van der Waals surface area contributed by atoms with Gasteiger partial charge in [-0.3, -0.25) is 0 Å². The summed E-state index contributed by atoms with van der Waals surface area (Å²) in [5.41, 5.74) is 0. The Bertz CT molecular complexity index is 550. The molecule has 8 heteroatoms. The van der Waals surface area contributed by atoms with Gasteiger partial charge in [-0.25, -0.2) is 18.1 Å². The Hall–Kier alpha value is -0.700. The van der Waals surface area contributed by atoms with Crippen LogP contribution in [0.2, 0.25) is 0 Å². The minimum Gasteiger partial charge on any atom is -0.377 e. The number of hydrogen-bond acceptors (Lipinski definition) is 5. The lowest BCUT2D eigenvalue weighted by Crippen LogP contribution is -2.29. The molecule has 0 spiro atoms. The number of ether oxygens (including phenoxy) is 1. The van der Waals surface area contributed by atoms with Crippen LogP contribution >= 0.6 is 15.9 Å². The smallest absolute Gasteiger partial charge is 0.244 e. The minimum absolute atomic E-state index is 0.0730. The minimum atomic E-state index is -3.63. The first-order valence-corrected chi connectivity index (χ1v) is 9.15. The molecule has 0 aromatic carbocycles. The highest BCUT2D eigenvalue weighted by Gasteiger charge is 2.19. The number of pyridine rings is 1. The number of rotatable bonds is 9. The first-order chi connectivity index (χ1) is 9.86. The zero-order chi connectivity index (χ0) is 15.9. The van der Waals surface area contributed by atoms with Crippen molar-refractivity contribution in [3.05, 3.63) is 16.7 Å². The van der Waals surface area contributed by atoms with Crippen molar-refractivity contribution in [2.75, 3.05) is 25.0 Å². The first-order valence-electron chi connectivity index (χ1n) is 6.87. The molecule has 1 rings (SSSR count). The van der Waals surface area contributed by atoms with Gasteiger partial charge in [0.15, 0.2) is 0 Å². The quantitative estimate of drug-likeness (QED) is 0.643. The topological polar surface area (TPSA) is 80.3 Å². The molecule has 2 N–H and O–H groups in total. The van der Waals surface area contributed by atoms with Crippen molar-refractivity contribution in [2.45, 2.75) is 38.2 Å². The molecule has 0 bridgehead atoms. The first kappa shape index (κ1) is 18.3. The van der Waals surface area contributed by atoms with E-state index in [0.29, 0.717) is 23.4 Å². The zero-order valence-corrected chi connectivity index (χ0v) is 14.9. The van der Waals surface area contributed by atoms with Gasteiger partial charge in [-0.1, -0.05) is 6.92 Å². The predicted octanol–water partition coefficient (Wildman–Crippen LogP) is 2.37. The average Bonchev–Trinajstić information content (AvgIpc) is 2.42. The summed E-state index contributed by atoms with van der Waals surface area (Å²) in [7, 11) is -3.63. The summed E-state index contributed by atoms with van der Waals surface area (Å²) in [6, 6.07) is 1.54. The molecule has 21 heavy (non-hydrogen) atoms. The number of nitrogens with zero attached hydrogens (tertiary/aromatic N) is 1. The maximum Gasteiger partial charge on any atom is 0.244 e. The van der Waals surface area contributed by atoms with E-state index in [1.165, 1.54) is 6.07 Å². The molecule has 0 radical (unpaired) electrons. The molecule has 0 atom stereocenters. The molecule has 1 aromatic heterocycles. The molecule has 0 aliphatic rings. The summed E-state index contributed by atoms with van der Waals surface area (Å²) in [4.78, 5) is 4.26. The van der Waals surface area contributed by atoms with Gasteiger partial charge >= 0.3 is 0 Å². The molecule has 0 amide bonds. The molecule has 1 aromatic rings. The molecule has 1 heterocycles. The van der Waals surface area contributed by atoms with E-state index in [-0.39, 0.29) is 17.5 Å². The standard InChI is InChI=1S/C13H22BrN3O3S/c1-4-5-15-13-12(8-11(14)9-16-13)21(18,19)17-6-7-20-10(2)3/h8-10,17H,4-7H2,1-3H3,(H,15,16). The van der Waals surface area contributed by atoms with Crippen LogP contribution in [0, 0.1) is 0 Å². The maximum absolute atomic E-state index is 12.3. The average molecular weight is 380 g/mol. The van der Waals surface area contributed by atoms with Crippen LogP contribution in [0.15, 0.2) is 21.6 Å². The normalized spacial score (nSPS) is 11.9. The molecule has 0 aliphatic carbocycles. The monoisotopic (exact) mass is 379 g/mol. The van der Waals surface area contributed by atoms with Crippen molar-refractivity contribution < 1.29 is 13.2 Å². The molecule has 0 aliphatic heterocycles. The van der Waals surface area contributed by atoms with Crippen molar-refractivity contribution >= 4 is 31.8 Å². The van der Waals surface area contributed by atoms with E-state index in [1.807, 2.05) is 20.8 Å². The van der Waals surface area contributed by atoms with E-state index in [1.54, 1.807) is 6.20 Å². The number of aromatic nitrogens is 1. The van der Waals surface area contributed by atoms with Gasteiger partial charge in [0, 0.05) is 23.8 Å². The Morgan fingerprint density at radius 1 is 1.38 bits per heavy atom. The number of hydrogen-bond donors (Lipinski definition) is 2. The van der Waals surface area contributed by atoms with E-state index in [9.17, 15) is 8.42 Å². The van der Waals surface area contributed by atoms with Crippen LogP contribution in [0.1, 0.15) is 27.2 Å². The van der Waals surface area contributed by atoms with Gasteiger partial charge in [0.2, 0.25) is 10.0 Å². The van der Waals surface area contributed by atoms with Crippen LogP contribution < -0.4 is 10.0 Å².